The van der Waals surface area contributed by atoms with Gasteiger partial charge in [-0.05, 0) is 36.5 Å². The molecule has 2 radical (unpaired) electrons. The standard InChI is InChI=1S/C19H19BO9S/c20-8-10-2-1-9(17(21)27-3-4-30(24,25)26)6-13(10)28-18(22)15-11-5-12-14(7-11)29-19(23)16(12)15/h1-2,6,11-12,14-16H,3-5,7-8H2,(H,24,25,26). The van der Waals surface area contributed by atoms with Gasteiger partial charge in [-0.1, -0.05) is 12.4 Å². The zero-order valence-electron chi connectivity index (χ0n) is 15.9. The van der Waals surface area contributed by atoms with Crippen LogP contribution in [0.2, 0.25) is 0 Å². The van der Waals surface area contributed by atoms with Crippen molar-refractivity contribution < 1.29 is 41.6 Å². The smallest absolute Gasteiger partial charge is 0.338 e. The van der Waals surface area contributed by atoms with E-state index in [2.05, 4.69) is 0 Å². The van der Waals surface area contributed by atoms with E-state index in [1.807, 2.05) is 0 Å². The molecule has 4 rings (SSSR count). The minimum atomic E-state index is -4.26. The summed E-state index contributed by atoms with van der Waals surface area (Å²) in [6.45, 7) is -0.526. The second kappa shape index (κ2) is 7.70. The summed E-state index contributed by atoms with van der Waals surface area (Å²) < 4.78 is 45.9. The van der Waals surface area contributed by atoms with E-state index < -0.39 is 46.3 Å². The molecule has 1 aromatic carbocycles. The van der Waals surface area contributed by atoms with Crippen molar-refractivity contribution in [2.75, 3.05) is 12.4 Å². The first-order chi connectivity index (χ1) is 14.2. The predicted octanol–water partition coefficient (Wildman–Crippen LogP) is 0.503. The number of benzene rings is 1. The molecule has 3 fully saturated rings. The quantitative estimate of drug-likeness (QED) is 0.282. The normalized spacial score (nSPS) is 29.0. The van der Waals surface area contributed by atoms with Crippen molar-refractivity contribution in [1.82, 2.24) is 0 Å². The number of carbonyl (C=O) groups excluding carboxylic acids is 3. The minimum absolute atomic E-state index is 0.0265. The molecule has 1 heterocycles. The Morgan fingerprint density at radius 1 is 1.27 bits per heavy atom. The molecule has 0 spiro atoms. The first-order valence-corrected chi connectivity index (χ1v) is 11.2. The summed E-state index contributed by atoms with van der Waals surface area (Å²) in [5.41, 5.74) is 0.506. The Kier molecular flexibility index (Phi) is 5.35. The summed E-state index contributed by atoms with van der Waals surface area (Å²) in [5.74, 6) is -3.41. The summed E-state index contributed by atoms with van der Waals surface area (Å²) in [5, 5.41) is 0. The molecular formula is C19H19BO9S. The van der Waals surface area contributed by atoms with Gasteiger partial charge < -0.3 is 14.2 Å². The topological polar surface area (TPSA) is 133 Å². The Hall–Kier alpha value is -2.40. The molecule has 1 aromatic rings. The van der Waals surface area contributed by atoms with Gasteiger partial charge in [-0.25, -0.2) is 4.79 Å². The van der Waals surface area contributed by atoms with Crippen molar-refractivity contribution in [1.29, 1.82) is 0 Å². The first kappa shape index (κ1) is 20.9. The highest BCUT2D eigenvalue weighted by Gasteiger charge is 2.64. The van der Waals surface area contributed by atoms with Crippen molar-refractivity contribution in [3.63, 3.8) is 0 Å². The maximum atomic E-state index is 12.9. The fraction of sp³-hybridized carbons (Fsp3) is 0.526. The Balaban J connectivity index is 1.48. The van der Waals surface area contributed by atoms with Crippen molar-refractivity contribution in [2.24, 2.45) is 23.7 Å². The average Bonchev–Trinajstić information content (AvgIpc) is 3.29. The van der Waals surface area contributed by atoms with Gasteiger partial charge in [0.2, 0.25) is 0 Å². The number of esters is 3. The second-order valence-corrected chi connectivity index (χ2v) is 9.36. The molecule has 2 bridgehead atoms. The van der Waals surface area contributed by atoms with Crippen molar-refractivity contribution in [3.8, 4) is 5.75 Å². The van der Waals surface area contributed by atoms with Crippen LogP contribution in [-0.2, 0) is 35.5 Å². The van der Waals surface area contributed by atoms with Gasteiger partial charge in [-0.3, -0.25) is 14.1 Å². The molecule has 1 N–H and O–H groups in total. The lowest BCUT2D eigenvalue weighted by Crippen LogP contribution is -2.35. The van der Waals surface area contributed by atoms with Crippen LogP contribution in [0.3, 0.4) is 0 Å². The van der Waals surface area contributed by atoms with Crippen LogP contribution in [0.4, 0.5) is 0 Å². The van der Waals surface area contributed by atoms with Crippen LogP contribution in [0.15, 0.2) is 18.2 Å². The zero-order chi connectivity index (χ0) is 21.6. The number of carbonyl (C=O) groups is 3. The van der Waals surface area contributed by atoms with E-state index in [0.717, 1.165) is 6.42 Å². The molecule has 9 nitrogen and oxygen atoms in total. The van der Waals surface area contributed by atoms with E-state index in [0.29, 0.717) is 12.0 Å². The summed E-state index contributed by atoms with van der Waals surface area (Å²) in [7, 11) is 1.44. The third-order valence-electron chi connectivity index (χ3n) is 6.06. The van der Waals surface area contributed by atoms with Crippen LogP contribution in [0.5, 0.6) is 5.75 Å². The molecule has 3 aliphatic rings. The maximum Gasteiger partial charge on any atom is 0.338 e. The van der Waals surface area contributed by atoms with Crippen LogP contribution in [0.1, 0.15) is 28.8 Å². The van der Waals surface area contributed by atoms with Crippen LogP contribution in [0, 0.1) is 23.7 Å². The number of rotatable bonds is 7. The van der Waals surface area contributed by atoms with E-state index in [1.54, 1.807) is 0 Å². The predicted molar refractivity (Wildman–Crippen MR) is 101 cm³/mol. The SMILES string of the molecule is [B]Cc1ccc(C(=O)OCCS(=O)(=O)O)cc1OC(=O)C1C2CC3OC(=O)C1C3C2. The van der Waals surface area contributed by atoms with E-state index in [-0.39, 0.29) is 41.5 Å². The van der Waals surface area contributed by atoms with Gasteiger partial charge in [-0.15, -0.1) is 0 Å². The van der Waals surface area contributed by atoms with E-state index in [9.17, 15) is 22.8 Å². The number of fused-ring (bicyclic) bond motifs is 1. The van der Waals surface area contributed by atoms with Crippen LogP contribution >= 0.6 is 0 Å². The molecule has 0 aromatic heterocycles. The van der Waals surface area contributed by atoms with Gasteiger partial charge in [-0.2, -0.15) is 8.42 Å². The lowest BCUT2D eigenvalue weighted by Gasteiger charge is -2.23. The minimum Gasteiger partial charge on any atom is -0.462 e. The zero-order valence-corrected chi connectivity index (χ0v) is 16.7. The average molecular weight is 434 g/mol. The Bertz CT molecular complexity index is 1000. The molecule has 30 heavy (non-hydrogen) atoms. The molecule has 11 heteroatoms. The summed E-state index contributed by atoms with van der Waals surface area (Å²) >= 11 is 0. The highest BCUT2D eigenvalue weighted by Crippen LogP contribution is 2.58. The van der Waals surface area contributed by atoms with Gasteiger partial charge in [0, 0.05) is 5.92 Å². The number of ether oxygens (including phenoxy) is 3. The van der Waals surface area contributed by atoms with Gasteiger partial charge in [0.1, 0.15) is 24.2 Å². The fourth-order valence-corrected chi connectivity index (χ4v) is 5.06. The lowest BCUT2D eigenvalue weighted by atomic mass is 9.80. The Labute approximate surface area is 174 Å². The van der Waals surface area contributed by atoms with Crippen molar-refractivity contribution in [2.45, 2.75) is 25.3 Å². The van der Waals surface area contributed by atoms with E-state index in [1.165, 1.54) is 18.2 Å². The summed E-state index contributed by atoms with van der Waals surface area (Å²) in [4.78, 5) is 37.2. The molecule has 2 saturated carbocycles. The Morgan fingerprint density at radius 2 is 2.03 bits per heavy atom. The molecule has 5 unspecified atom stereocenters. The van der Waals surface area contributed by atoms with Crippen molar-refractivity contribution >= 4 is 35.9 Å². The molecule has 1 saturated heterocycles. The first-order valence-electron chi connectivity index (χ1n) is 9.55. The summed E-state index contributed by atoms with van der Waals surface area (Å²) in [6, 6.07) is 4.20. The van der Waals surface area contributed by atoms with Gasteiger partial charge in [0.25, 0.3) is 10.1 Å². The summed E-state index contributed by atoms with van der Waals surface area (Å²) in [6.07, 6.45) is 1.35. The highest BCUT2D eigenvalue weighted by atomic mass is 32.2. The number of hydrogen-bond donors (Lipinski definition) is 1. The third-order valence-corrected chi connectivity index (χ3v) is 6.75. The molecule has 0 amide bonds. The molecular weight excluding hydrogens is 415 g/mol. The van der Waals surface area contributed by atoms with E-state index >= 15 is 0 Å². The Morgan fingerprint density at radius 3 is 2.73 bits per heavy atom. The van der Waals surface area contributed by atoms with Crippen LogP contribution in [0.25, 0.3) is 0 Å². The lowest BCUT2D eigenvalue weighted by molar-refractivity contribution is -0.149. The van der Waals surface area contributed by atoms with Gasteiger partial charge >= 0.3 is 17.9 Å². The third kappa shape index (κ3) is 3.83. The molecule has 158 valence electrons. The van der Waals surface area contributed by atoms with Crippen LogP contribution < -0.4 is 4.74 Å². The highest BCUT2D eigenvalue weighted by molar-refractivity contribution is 7.85. The van der Waals surface area contributed by atoms with Gasteiger partial charge in [0.05, 0.1) is 25.2 Å². The fourth-order valence-electron chi connectivity index (χ4n) is 4.77. The second-order valence-electron chi connectivity index (χ2n) is 7.79. The molecule has 5 atom stereocenters. The monoisotopic (exact) mass is 434 g/mol. The van der Waals surface area contributed by atoms with Gasteiger partial charge in [0.15, 0.2) is 0 Å². The molecule has 1 aliphatic heterocycles. The maximum absolute atomic E-state index is 12.9. The van der Waals surface area contributed by atoms with Crippen molar-refractivity contribution in [3.05, 3.63) is 29.3 Å². The van der Waals surface area contributed by atoms with E-state index in [4.69, 9.17) is 26.6 Å². The van der Waals surface area contributed by atoms with Crippen LogP contribution in [-0.4, -0.2) is 57.2 Å². The largest absolute Gasteiger partial charge is 0.462 e. The molecule has 2 aliphatic carbocycles. The number of hydrogen-bond acceptors (Lipinski definition) is 8.